The van der Waals surface area contributed by atoms with E-state index < -0.39 is 0 Å². The van der Waals surface area contributed by atoms with Crippen LogP contribution in [0.1, 0.15) is 98.1 Å². The lowest BCUT2D eigenvalue weighted by Gasteiger charge is -2.20. The maximum absolute atomic E-state index is 10.6. The highest BCUT2D eigenvalue weighted by Crippen LogP contribution is 2.40. The molecule has 0 spiro atoms. The van der Waals surface area contributed by atoms with Gasteiger partial charge in [0.05, 0.1) is 0 Å². The second kappa shape index (κ2) is 18.1. The molecule has 0 aliphatic heterocycles. The van der Waals surface area contributed by atoms with Gasteiger partial charge in [-0.15, -0.1) is 0 Å². The van der Waals surface area contributed by atoms with Gasteiger partial charge in [0.2, 0.25) is 0 Å². The third kappa shape index (κ3) is 13.0. The number of rotatable bonds is 10. The van der Waals surface area contributed by atoms with E-state index in [2.05, 4.69) is 64.9 Å². The summed E-state index contributed by atoms with van der Waals surface area (Å²) in [5.74, 6) is 1.48. The molecule has 38 heavy (non-hydrogen) atoms. The van der Waals surface area contributed by atoms with Crippen LogP contribution in [-0.2, 0) is 4.79 Å². The molecule has 2 fully saturated rings. The van der Waals surface area contributed by atoms with Crippen LogP contribution in [0, 0.1) is 23.3 Å². The molecule has 3 rings (SSSR count). The van der Waals surface area contributed by atoms with Crippen molar-refractivity contribution in [1.29, 1.82) is 5.26 Å². The molecule has 2 aliphatic rings. The van der Waals surface area contributed by atoms with Crippen molar-refractivity contribution < 1.29 is 4.79 Å². The van der Waals surface area contributed by atoms with Crippen molar-refractivity contribution in [2.45, 2.75) is 92.5 Å². The van der Waals surface area contributed by atoms with Crippen LogP contribution in [0.2, 0.25) is 10.0 Å². The van der Waals surface area contributed by atoms with Crippen molar-refractivity contribution in [1.82, 2.24) is 10.2 Å². The molecular weight excluding hydrogens is 513 g/mol. The first-order chi connectivity index (χ1) is 18.0. The van der Waals surface area contributed by atoms with Crippen LogP contribution in [-0.4, -0.2) is 23.8 Å². The number of nitriles is 1. The molecule has 0 radical (unpaired) electrons. The van der Waals surface area contributed by atoms with Crippen molar-refractivity contribution >= 4 is 29.0 Å². The van der Waals surface area contributed by atoms with Gasteiger partial charge in [-0.05, 0) is 88.5 Å². The Morgan fingerprint density at radius 1 is 1.18 bits per heavy atom. The smallest absolute Gasteiger partial charge is 0.179 e. The third-order valence-electron chi connectivity index (χ3n) is 6.52. The highest BCUT2D eigenvalue weighted by molar-refractivity contribution is 6.35. The van der Waals surface area contributed by atoms with Gasteiger partial charge < -0.3 is 10.2 Å². The Hall–Kier alpha value is -2.22. The molecule has 1 N–H and O–H groups in total. The lowest BCUT2D eigenvalue weighted by Crippen LogP contribution is -2.19. The first kappa shape index (κ1) is 33.8. The fourth-order valence-electron chi connectivity index (χ4n) is 4.15. The predicted molar refractivity (Wildman–Crippen MR) is 163 cm³/mol. The van der Waals surface area contributed by atoms with Gasteiger partial charge >= 0.3 is 0 Å². The number of Topliss-reactive ketones (excluding diaryl/α,β-unsaturated/α-hetero) is 1. The molecule has 0 saturated heterocycles. The number of ketones is 1. The van der Waals surface area contributed by atoms with Gasteiger partial charge in [0.25, 0.3) is 0 Å². The van der Waals surface area contributed by atoms with Crippen molar-refractivity contribution in [3.8, 4) is 6.19 Å². The van der Waals surface area contributed by atoms with Crippen LogP contribution in [0.4, 0.5) is 0 Å². The largest absolute Gasteiger partial charge is 0.379 e. The van der Waals surface area contributed by atoms with E-state index in [0.29, 0.717) is 27.7 Å². The third-order valence-corrected chi connectivity index (χ3v) is 7.08. The first-order valence-corrected chi connectivity index (χ1v) is 14.7. The minimum absolute atomic E-state index is 0.0890. The minimum Gasteiger partial charge on any atom is -0.379 e. The van der Waals surface area contributed by atoms with E-state index in [9.17, 15) is 4.79 Å². The molecule has 2 unspecified atom stereocenters. The summed E-state index contributed by atoms with van der Waals surface area (Å²) in [5.41, 5.74) is 4.61. The number of hydrogen-bond donors (Lipinski definition) is 1. The number of hydrogen-bond acceptors (Lipinski definition) is 4. The summed E-state index contributed by atoms with van der Waals surface area (Å²) >= 11 is 12.2. The van der Waals surface area contributed by atoms with Crippen LogP contribution >= 0.6 is 23.2 Å². The van der Waals surface area contributed by atoms with Crippen molar-refractivity contribution in [3.63, 3.8) is 0 Å². The van der Waals surface area contributed by atoms with E-state index in [-0.39, 0.29) is 6.04 Å². The Labute approximate surface area is 241 Å². The normalized spacial score (nSPS) is 17.2. The maximum atomic E-state index is 10.6. The number of benzene rings is 1. The van der Waals surface area contributed by atoms with E-state index in [1.807, 2.05) is 19.1 Å². The zero-order chi connectivity index (χ0) is 28.7. The molecule has 1 aromatic rings. The molecule has 0 aromatic heterocycles. The van der Waals surface area contributed by atoms with Crippen molar-refractivity contribution in [2.75, 3.05) is 13.1 Å². The van der Waals surface area contributed by atoms with Crippen molar-refractivity contribution in [2.24, 2.45) is 11.8 Å². The van der Waals surface area contributed by atoms with Crippen molar-refractivity contribution in [3.05, 3.63) is 69.4 Å². The predicted octanol–water partition coefficient (Wildman–Crippen LogP) is 9.43. The van der Waals surface area contributed by atoms with E-state index in [0.717, 1.165) is 56.5 Å². The molecule has 2 aliphatic carbocycles. The molecule has 2 atom stereocenters. The fourth-order valence-corrected chi connectivity index (χ4v) is 4.72. The van der Waals surface area contributed by atoms with E-state index >= 15 is 0 Å². The summed E-state index contributed by atoms with van der Waals surface area (Å²) in [5, 5.41) is 13.3. The molecule has 1 aromatic carbocycles. The van der Waals surface area contributed by atoms with Gasteiger partial charge in [-0.25, -0.2) is 0 Å². The molecule has 210 valence electrons. The van der Waals surface area contributed by atoms with Crippen LogP contribution in [0.15, 0.2) is 53.8 Å². The van der Waals surface area contributed by atoms with Gasteiger partial charge in [0.1, 0.15) is 5.78 Å². The summed E-state index contributed by atoms with van der Waals surface area (Å²) in [6, 6.07) is 5.70. The maximum Gasteiger partial charge on any atom is 0.179 e. The molecule has 0 heterocycles. The number of halogens is 2. The number of carbonyl (C=O) groups is 1. The number of allylic oxidation sites excluding steroid dienone is 4. The van der Waals surface area contributed by atoms with Gasteiger partial charge in [0, 0.05) is 47.2 Å². The number of nitrogens with one attached hydrogen (secondary N) is 1. The Kier molecular flexibility index (Phi) is 16.1. The van der Waals surface area contributed by atoms with E-state index in [4.69, 9.17) is 28.5 Å². The topological polar surface area (TPSA) is 56.1 Å². The van der Waals surface area contributed by atoms with Crippen LogP contribution in [0.25, 0.3) is 0 Å². The average molecular weight is 561 g/mol. The monoisotopic (exact) mass is 559 g/mol. The van der Waals surface area contributed by atoms with Crippen LogP contribution in [0.3, 0.4) is 0 Å². The van der Waals surface area contributed by atoms with Gasteiger partial charge in [-0.3, -0.25) is 4.79 Å². The fraction of sp³-hybridized carbons (Fsp3) is 0.562. The van der Waals surface area contributed by atoms with Crippen LogP contribution < -0.4 is 5.32 Å². The summed E-state index contributed by atoms with van der Waals surface area (Å²) in [6.07, 6.45) is 14.2. The zero-order valence-corrected chi connectivity index (χ0v) is 25.8. The highest BCUT2D eigenvalue weighted by Gasteiger charge is 2.27. The Bertz CT molecular complexity index is 994. The Morgan fingerprint density at radius 3 is 2.21 bits per heavy atom. The summed E-state index contributed by atoms with van der Waals surface area (Å²) in [6.45, 7) is 18.5. The SMILES string of the molecule is C=C(NC(C)c1ccc(Cl)cc1Cl)/C(=C\C=C(C)C)C1CC1.CC1CCCC1=O.CCCN(C#N)CCC. The minimum atomic E-state index is 0.0890. The molecule has 6 heteroatoms. The molecular formula is C32H47Cl2N3O. The first-order valence-electron chi connectivity index (χ1n) is 14.0. The van der Waals surface area contributed by atoms with Gasteiger partial charge in [-0.1, -0.05) is 74.3 Å². The lowest BCUT2D eigenvalue weighted by atomic mass is 10.0. The zero-order valence-electron chi connectivity index (χ0n) is 24.2. The standard InChI is InChI=1S/C19H23Cl2N.C7H14N2.C6H10O/c1-12(2)5-9-17(15-6-7-15)13(3)22-14(4)18-10-8-16(20)11-19(18)21;1-3-5-9(7-8)6-4-2;1-5-3-2-4-6(5)7/h5,8-11,14-15,22H,3,6-7H2,1-2,4H3;3-6H2,1-2H3;5H,2-4H2,1H3/b17-9+;;. The molecule has 2 saturated carbocycles. The van der Waals surface area contributed by atoms with E-state index in [1.165, 1.54) is 24.0 Å². The molecule has 4 nitrogen and oxygen atoms in total. The quantitative estimate of drug-likeness (QED) is 0.176. The van der Waals surface area contributed by atoms with Crippen LogP contribution in [0.5, 0.6) is 0 Å². The number of carbonyl (C=O) groups excluding carboxylic acids is 1. The molecule has 0 bridgehead atoms. The van der Waals surface area contributed by atoms with Gasteiger partial charge in [-0.2, -0.15) is 5.26 Å². The number of nitrogens with zero attached hydrogens (tertiary/aromatic N) is 2. The Balaban J connectivity index is 0.000000368. The average Bonchev–Trinajstić information content (AvgIpc) is 3.62. The Morgan fingerprint density at radius 2 is 1.82 bits per heavy atom. The van der Waals surface area contributed by atoms with E-state index in [1.54, 1.807) is 11.0 Å². The second-order valence-electron chi connectivity index (χ2n) is 10.5. The summed E-state index contributed by atoms with van der Waals surface area (Å²) < 4.78 is 0. The van der Waals surface area contributed by atoms with Gasteiger partial charge in [0.15, 0.2) is 6.19 Å². The molecule has 0 amide bonds. The second-order valence-corrected chi connectivity index (χ2v) is 11.3. The summed E-state index contributed by atoms with van der Waals surface area (Å²) in [7, 11) is 0. The highest BCUT2D eigenvalue weighted by atomic mass is 35.5. The lowest BCUT2D eigenvalue weighted by molar-refractivity contribution is -0.120. The summed E-state index contributed by atoms with van der Waals surface area (Å²) in [4.78, 5) is 12.4.